The average Bonchev–Trinajstić information content (AvgIpc) is 1.78. The maximum atomic E-state index is 11.3. The van der Waals surface area contributed by atoms with Gasteiger partial charge >= 0.3 is 0 Å². The first-order chi connectivity index (χ1) is 55.2. The molecule has 1 aromatic heterocycles. The maximum Gasteiger partial charge on any atom is 0.226 e. The highest BCUT2D eigenvalue weighted by atomic mass is 16.5. The second-order valence-corrected chi connectivity index (χ2v) is 22.0. The summed E-state index contributed by atoms with van der Waals surface area (Å²) in [5.41, 5.74) is 11.2. The number of hydrogen-bond acceptors (Lipinski definition) is 26. The number of aromatic nitrogens is 2. The van der Waals surface area contributed by atoms with Crippen LogP contribution in [0.2, 0.25) is 0 Å². The predicted octanol–water partition coefficient (Wildman–Crippen LogP) is 8.93. The molecule has 618 valence electrons. The number of nitrogens with two attached hydrogens (primary N) is 2. The number of imidazole rings is 1. The Morgan fingerprint density at radius 3 is 1.36 bits per heavy atom. The quantitative estimate of drug-likeness (QED) is 0.0194. The molecular formula is C81H129N27O5. The fourth-order valence-electron chi connectivity index (χ4n) is 6.68. The number of unbranched alkanes of at least 4 members (excludes halogenated alkanes) is 1. The fraction of sp³-hybridized carbons (Fsp3) is 0.617. The Balaban J connectivity index is -0.000000150. The van der Waals surface area contributed by atoms with Crippen LogP contribution < -0.4 is 48.1 Å². The lowest BCUT2D eigenvalue weighted by atomic mass is 10.2. The summed E-state index contributed by atoms with van der Waals surface area (Å²) in [5, 5.41) is 107. The number of hydrogen-bond donors (Lipinski definition) is 8. The minimum absolute atomic E-state index is 0.225. The molecule has 0 saturated carbocycles. The monoisotopic (exact) mass is 1560 g/mol. The van der Waals surface area contributed by atoms with E-state index < -0.39 is 0 Å². The van der Waals surface area contributed by atoms with Gasteiger partial charge < -0.3 is 96.1 Å². The van der Waals surface area contributed by atoms with Crippen molar-refractivity contribution in [2.75, 3.05) is 199 Å². The molecule has 0 bridgehead atoms. The lowest BCUT2D eigenvalue weighted by molar-refractivity contribution is -0.130. The van der Waals surface area contributed by atoms with Crippen molar-refractivity contribution in [3.8, 4) is 72.5 Å². The van der Waals surface area contributed by atoms with E-state index in [0.29, 0.717) is 176 Å². The number of ether oxygens (including phenoxy) is 4. The summed E-state index contributed by atoms with van der Waals surface area (Å²) in [4.78, 5) is 31.6. The molecule has 1 amide bonds. The van der Waals surface area contributed by atoms with Crippen molar-refractivity contribution in [1.29, 1.82) is 57.9 Å². The van der Waals surface area contributed by atoms with Crippen LogP contribution in [0.1, 0.15) is 122 Å². The van der Waals surface area contributed by atoms with Gasteiger partial charge in [-0.1, -0.05) is 68.8 Å². The van der Waals surface area contributed by atoms with Crippen LogP contribution in [0, 0.1) is 151 Å². The summed E-state index contributed by atoms with van der Waals surface area (Å²) >= 11 is 0. The number of benzene rings is 2. The lowest BCUT2D eigenvalue weighted by Crippen LogP contribution is -2.30. The van der Waals surface area contributed by atoms with Gasteiger partial charge in [-0.2, -0.15) is 57.9 Å². The van der Waals surface area contributed by atoms with E-state index in [9.17, 15) is 4.79 Å². The number of carbonyl (C=O) groups is 1. The number of rotatable bonds is 41. The Kier molecular flexibility index (Phi) is 132. The molecule has 1 saturated heterocycles. The van der Waals surface area contributed by atoms with Crippen molar-refractivity contribution in [2.45, 2.75) is 130 Å². The van der Waals surface area contributed by atoms with Gasteiger partial charge in [-0.3, -0.25) is 4.79 Å². The van der Waals surface area contributed by atoms with Crippen molar-refractivity contribution in [1.82, 2.24) is 51.3 Å². The number of likely N-dealkylation sites (tertiary alicyclic amines) is 1. The van der Waals surface area contributed by atoms with Gasteiger partial charge in [0.2, 0.25) is 32.1 Å². The van der Waals surface area contributed by atoms with Gasteiger partial charge in [-0.25, -0.2) is 31.3 Å². The van der Waals surface area contributed by atoms with Crippen LogP contribution in [0.15, 0.2) is 79.4 Å². The number of nitrogens with zero attached hydrogens (tertiary/aromatic N) is 19. The summed E-state index contributed by atoms with van der Waals surface area (Å²) < 4.78 is 22.1. The van der Waals surface area contributed by atoms with Crippen LogP contribution in [0.4, 0.5) is 0 Å². The first-order valence-corrected chi connectivity index (χ1v) is 37.5. The number of aryl methyl sites for hydroxylation is 1. The van der Waals surface area contributed by atoms with Crippen molar-refractivity contribution >= 4 is 5.91 Å². The molecule has 0 aliphatic carbocycles. The molecule has 1 aliphatic heterocycles. The van der Waals surface area contributed by atoms with Gasteiger partial charge in [-0.05, 0) is 77.6 Å². The second-order valence-electron chi connectivity index (χ2n) is 22.0. The molecule has 0 atom stereocenters. The number of methoxy groups -OCH3 is 1. The smallest absolute Gasteiger partial charge is 0.226 e. The molecule has 1 aliphatic rings. The van der Waals surface area contributed by atoms with E-state index in [2.05, 4.69) is 106 Å². The van der Waals surface area contributed by atoms with Gasteiger partial charge in [0, 0.05) is 136 Å². The molecule has 1 fully saturated rings. The zero-order chi connectivity index (χ0) is 86.2. The SMILES string of the molecule is CCC#N.CCCC#N.CN(C)CCCNCCC#N.CNCCC#N.COCCOCCC#N.N#CCCN1CCCCCC1=O.N#CCCOCCOc1ccccc1.N#CCCn1ccnc1.N#CCc1ccccc1.[C-]#[N+]CCN.[C-]#[N+]CCNCCC#N.[C-]#[N+]CCNCCN.[C-]#[N+]CCNCCNCCC#N. The van der Waals surface area contributed by atoms with Crippen LogP contribution in [0.25, 0.3) is 19.4 Å². The van der Waals surface area contributed by atoms with Gasteiger partial charge in [-0.15, -0.1) is 0 Å². The van der Waals surface area contributed by atoms with Crippen LogP contribution in [-0.4, -0.2) is 224 Å². The molecule has 32 nitrogen and oxygen atoms in total. The van der Waals surface area contributed by atoms with E-state index in [-0.39, 0.29) is 5.91 Å². The first kappa shape index (κ1) is 120. The molecule has 3 aromatic rings. The van der Waals surface area contributed by atoms with Crippen molar-refractivity contribution in [3.63, 3.8) is 0 Å². The normalized spacial score (nSPS) is 9.47. The van der Waals surface area contributed by atoms with E-state index in [1.807, 2.05) is 134 Å². The molecule has 113 heavy (non-hydrogen) atoms. The molecule has 32 heteroatoms. The molecular weight excluding hydrogens is 1430 g/mol. The minimum Gasteiger partial charge on any atom is -0.491 e. The third kappa shape index (κ3) is 137. The number of nitriles is 11. The summed E-state index contributed by atoms with van der Waals surface area (Å²) in [6, 6.07) is 41.6. The number of nitrogens with one attached hydrogen (secondary N) is 6. The second kappa shape index (κ2) is 124. The summed E-state index contributed by atoms with van der Waals surface area (Å²) in [6.07, 6.45) is 17.4. The largest absolute Gasteiger partial charge is 0.491 e. The van der Waals surface area contributed by atoms with E-state index in [1.54, 1.807) is 19.6 Å². The number of carbonyl (C=O) groups excluding carboxylic acids is 1. The number of amides is 1. The highest BCUT2D eigenvalue weighted by molar-refractivity contribution is 5.76. The maximum absolute atomic E-state index is 11.3. The van der Waals surface area contributed by atoms with Crippen LogP contribution in [0.3, 0.4) is 0 Å². The highest BCUT2D eigenvalue weighted by Gasteiger charge is 2.15. The number of para-hydroxylation sites is 1. The standard InChI is InChI=1S/C11H13NO2.C9H14N2O.C8H14N4.C8H17N3.C8H7N.C6H7N3.C6H9N3.C6H11NO2.C5H11N3.C4H8N2.C4H7N.C3H6N2.C3H5N/c12-7-4-8-13-9-10-14-11-5-2-1-3-6-11;10-6-4-8-11-7-3-1-2-5-9(11)12;1-10-5-6-12-8-7-11-4-2-3-9;1-11(2)8-4-7-10-6-3-5-9;9-7-6-8-4-2-1-3-5-8;7-2-1-4-9-5-3-8-6-9;2*1-8-5-6-9-4-2-3-7;1-7-4-5-8-3-2-6;1-6-4-2-3-5;1-2-3-4-5;1-5-3-2-4;1-2-3-4/h1-3,5-6H,4,8-10H2;1-5,7-8H2;11-12H,2,4-8H2;10H,3-4,6-8H2,1-2H3;1-5H,6H2;3,5-6H,1,4H2;9H,2,4-6H2;2,4-6H2,1H3;8H,2-6H2;6H,2,4H2,1H3;2-3H2,1H3;2-4H2;2H2,1H3. The Labute approximate surface area is 678 Å². The third-order valence-corrected chi connectivity index (χ3v) is 12.2. The Morgan fingerprint density at radius 2 is 0.965 bits per heavy atom. The van der Waals surface area contributed by atoms with Crippen molar-refractivity contribution in [3.05, 3.63) is 131 Å². The van der Waals surface area contributed by atoms with Gasteiger partial charge in [0.25, 0.3) is 0 Å². The van der Waals surface area contributed by atoms with Crippen LogP contribution >= 0.6 is 0 Å². The molecule has 0 spiro atoms. The average molecular weight is 1560 g/mol. The van der Waals surface area contributed by atoms with E-state index in [1.165, 1.54) is 0 Å². The topological polar surface area (TPSA) is 482 Å². The Morgan fingerprint density at radius 1 is 0.504 bits per heavy atom. The molecule has 2 aromatic carbocycles. The zero-order valence-electron chi connectivity index (χ0n) is 68.3. The molecule has 0 radical (unpaired) electrons. The van der Waals surface area contributed by atoms with Crippen LogP contribution in [0.5, 0.6) is 5.75 Å². The van der Waals surface area contributed by atoms with Crippen LogP contribution in [-0.2, 0) is 32.0 Å². The molecule has 2 heterocycles. The van der Waals surface area contributed by atoms with Crippen molar-refractivity contribution in [2.24, 2.45) is 11.5 Å². The van der Waals surface area contributed by atoms with Gasteiger partial charge in [0.1, 0.15) is 12.4 Å². The lowest BCUT2D eigenvalue weighted by Gasteiger charge is -2.18. The first-order valence-electron chi connectivity index (χ1n) is 37.5. The summed E-state index contributed by atoms with van der Waals surface area (Å²) in [7, 11) is 7.58. The van der Waals surface area contributed by atoms with E-state index in [0.717, 1.165) is 122 Å². The van der Waals surface area contributed by atoms with Crippen molar-refractivity contribution < 1.29 is 23.7 Å². The summed E-state index contributed by atoms with van der Waals surface area (Å²) in [6.45, 7) is 47.9. The molecule has 10 N–H and O–H groups in total. The Hall–Kier alpha value is -11.2. The van der Waals surface area contributed by atoms with Gasteiger partial charge in [0.05, 0.1) is 164 Å². The van der Waals surface area contributed by atoms with Gasteiger partial charge in [0.15, 0.2) is 0 Å². The summed E-state index contributed by atoms with van der Waals surface area (Å²) in [5.74, 6) is 1.07. The van der Waals surface area contributed by atoms with E-state index >= 15 is 0 Å². The molecule has 0 unspecified atom stereocenters. The Bertz CT molecular complexity index is 3070. The fourth-order valence-corrected chi connectivity index (χ4v) is 6.68. The predicted molar refractivity (Wildman–Crippen MR) is 442 cm³/mol. The van der Waals surface area contributed by atoms with E-state index in [4.69, 9.17) is 115 Å². The molecule has 4 rings (SSSR count). The third-order valence-electron chi connectivity index (χ3n) is 12.2. The highest BCUT2D eigenvalue weighted by Crippen LogP contribution is 2.11. The zero-order valence-corrected chi connectivity index (χ0v) is 68.3. The minimum atomic E-state index is 0.225.